The van der Waals surface area contributed by atoms with Crippen molar-refractivity contribution < 1.29 is 4.74 Å². The summed E-state index contributed by atoms with van der Waals surface area (Å²) < 4.78 is 5.39. The summed E-state index contributed by atoms with van der Waals surface area (Å²) in [4.78, 5) is 11.5. The lowest BCUT2D eigenvalue weighted by Crippen LogP contribution is -2.39. The van der Waals surface area contributed by atoms with E-state index in [9.17, 15) is 0 Å². The Bertz CT molecular complexity index is 1150. The van der Waals surface area contributed by atoms with Gasteiger partial charge in [0, 0.05) is 37.9 Å². The normalized spacial score (nSPS) is 14.6. The van der Waals surface area contributed by atoms with Gasteiger partial charge in [-0.3, -0.25) is 10.00 Å². The lowest BCUT2D eigenvalue weighted by Gasteiger charge is -2.26. The zero-order valence-corrected chi connectivity index (χ0v) is 18.1. The molecular weight excluding hydrogens is 400 g/mol. The van der Waals surface area contributed by atoms with Crippen LogP contribution in [0.2, 0.25) is 0 Å². The molecule has 2 aromatic heterocycles. The van der Waals surface area contributed by atoms with Gasteiger partial charge in [-0.1, -0.05) is 48.5 Å². The smallest absolute Gasteiger partial charge is 0.224 e. The third-order valence-electron chi connectivity index (χ3n) is 5.89. The topological polar surface area (TPSA) is 79.0 Å². The van der Waals surface area contributed by atoms with E-state index in [-0.39, 0.29) is 0 Å². The lowest BCUT2D eigenvalue weighted by atomic mass is 10.0. The van der Waals surface area contributed by atoms with Crippen LogP contribution < -0.4 is 5.32 Å². The molecule has 1 aliphatic heterocycles. The molecule has 32 heavy (non-hydrogen) atoms. The first kappa shape index (κ1) is 20.6. The Balaban J connectivity index is 1.25. The van der Waals surface area contributed by atoms with E-state index in [1.54, 1.807) is 0 Å². The zero-order chi connectivity index (χ0) is 21.6. The van der Waals surface area contributed by atoms with Gasteiger partial charge >= 0.3 is 0 Å². The van der Waals surface area contributed by atoms with Crippen molar-refractivity contribution in [2.45, 2.75) is 12.8 Å². The highest BCUT2D eigenvalue weighted by Gasteiger charge is 2.12. The first-order chi connectivity index (χ1) is 15.8. The van der Waals surface area contributed by atoms with E-state index < -0.39 is 0 Å². The second kappa shape index (κ2) is 9.89. The number of aryl methyl sites for hydroxylation is 2. The minimum atomic E-state index is 0.612. The molecule has 4 aromatic rings. The average molecular weight is 429 g/mol. The number of anilines is 1. The van der Waals surface area contributed by atoms with E-state index in [2.05, 4.69) is 85.0 Å². The second-order valence-corrected chi connectivity index (χ2v) is 8.10. The van der Waals surface area contributed by atoms with Crippen molar-refractivity contribution in [2.24, 2.45) is 0 Å². The van der Waals surface area contributed by atoms with E-state index in [0.717, 1.165) is 68.9 Å². The summed E-state index contributed by atoms with van der Waals surface area (Å²) in [7, 11) is 0. The molecule has 1 fully saturated rings. The molecule has 1 saturated heterocycles. The van der Waals surface area contributed by atoms with Gasteiger partial charge in [-0.25, -0.2) is 4.98 Å². The highest BCUT2D eigenvalue weighted by molar-refractivity contribution is 5.90. The molecule has 0 amide bonds. The Kier molecular flexibility index (Phi) is 6.37. The fourth-order valence-corrected chi connectivity index (χ4v) is 4.07. The number of hydrogen-bond donors (Lipinski definition) is 2. The number of hydrogen-bond acceptors (Lipinski definition) is 6. The Hall–Kier alpha value is -3.29. The highest BCUT2D eigenvalue weighted by Crippen LogP contribution is 2.26. The highest BCUT2D eigenvalue weighted by atomic mass is 16.5. The van der Waals surface area contributed by atoms with E-state index in [0.29, 0.717) is 11.6 Å². The summed E-state index contributed by atoms with van der Waals surface area (Å²) in [6.07, 6.45) is 3.88. The number of benzene rings is 2. The molecule has 0 spiro atoms. The van der Waals surface area contributed by atoms with Gasteiger partial charge in [0.2, 0.25) is 5.95 Å². The molecule has 0 aliphatic carbocycles. The number of ether oxygens (including phenoxy) is 1. The van der Waals surface area contributed by atoms with Gasteiger partial charge < -0.3 is 10.1 Å². The maximum absolute atomic E-state index is 5.39. The van der Waals surface area contributed by atoms with Gasteiger partial charge in [0.25, 0.3) is 0 Å². The van der Waals surface area contributed by atoms with Crippen LogP contribution in [0.15, 0.2) is 60.8 Å². The molecule has 3 heterocycles. The van der Waals surface area contributed by atoms with Gasteiger partial charge in [0.05, 0.1) is 24.3 Å². The number of H-pyrrole nitrogens is 1. The molecule has 5 rings (SSSR count). The number of morpholine rings is 1. The molecule has 1 aliphatic rings. The molecule has 7 heteroatoms. The van der Waals surface area contributed by atoms with Gasteiger partial charge in [-0.05, 0) is 30.0 Å². The Morgan fingerprint density at radius 3 is 2.66 bits per heavy atom. The van der Waals surface area contributed by atoms with Crippen LogP contribution in [0.4, 0.5) is 5.95 Å². The van der Waals surface area contributed by atoms with Crippen molar-refractivity contribution in [3.8, 4) is 11.3 Å². The largest absolute Gasteiger partial charge is 0.379 e. The molecular formula is C25H28N6O. The fraction of sp³-hybridized carbons (Fsp3) is 0.320. The summed E-state index contributed by atoms with van der Waals surface area (Å²) in [5.41, 5.74) is 5.40. The van der Waals surface area contributed by atoms with Crippen LogP contribution in [0, 0.1) is 0 Å². The van der Waals surface area contributed by atoms with Crippen LogP contribution in [-0.2, 0) is 17.6 Å². The Morgan fingerprint density at radius 1 is 0.969 bits per heavy atom. The van der Waals surface area contributed by atoms with Gasteiger partial charge in [-0.2, -0.15) is 10.1 Å². The molecule has 0 unspecified atom stereocenters. The molecule has 0 atom stereocenters. The number of fused-ring (bicyclic) bond motifs is 1. The van der Waals surface area contributed by atoms with Crippen molar-refractivity contribution in [1.82, 2.24) is 25.1 Å². The third-order valence-corrected chi connectivity index (χ3v) is 5.89. The minimum absolute atomic E-state index is 0.612. The van der Waals surface area contributed by atoms with Crippen LogP contribution in [-0.4, -0.2) is 64.5 Å². The van der Waals surface area contributed by atoms with Crippen molar-refractivity contribution in [3.05, 3.63) is 71.9 Å². The molecule has 7 nitrogen and oxygen atoms in total. The van der Waals surface area contributed by atoms with Gasteiger partial charge in [-0.15, -0.1) is 0 Å². The number of nitrogens with one attached hydrogen (secondary N) is 2. The molecule has 0 radical (unpaired) electrons. The number of aromatic nitrogens is 4. The predicted octanol–water partition coefficient (Wildman–Crippen LogP) is 3.55. The van der Waals surface area contributed by atoms with E-state index >= 15 is 0 Å². The van der Waals surface area contributed by atoms with Crippen molar-refractivity contribution in [1.29, 1.82) is 0 Å². The van der Waals surface area contributed by atoms with Crippen LogP contribution >= 0.6 is 0 Å². The SMILES string of the molecule is c1ccc(CCc2cccc(-c3[nH]nc4nc(NCCN5CCOCC5)ncc34)c2)cc1. The maximum atomic E-state index is 5.39. The quantitative estimate of drug-likeness (QED) is 0.447. The number of nitrogens with zero attached hydrogens (tertiary/aromatic N) is 4. The Labute approximate surface area is 187 Å². The van der Waals surface area contributed by atoms with E-state index in [4.69, 9.17) is 4.74 Å². The summed E-state index contributed by atoms with van der Waals surface area (Å²) >= 11 is 0. The van der Waals surface area contributed by atoms with Crippen molar-refractivity contribution >= 4 is 17.0 Å². The van der Waals surface area contributed by atoms with Crippen LogP contribution in [0.5, 0.6) is 0 Å². The number of rotatable bonds is 8. The van der Waals surface area contributed by atoms with Crippen LogP contribution in [0.1, 0.15) is 11.1 Å². The third kappa shape index (κ3) is 4.95. The average Bonchev–Trinajstić information content (AvgIpc) is 3.28. The first-order valence-corrected chi connectivity index (χ1v) is 11.2. The molecule has 2 N–H and O–H groups in total. The van der Waals surface area contributed by atoms with Crippen LogP contribution in [0.25, 0.3) is 22.3 Å². The number of aromatic amines is 1. The van der Waals surface area contributed by atoms with E-state index in [1.807, 2.05) is 6.20 Å². The van der Waals surface area contributed by atoms with Crippen molar-refractivity contribution in [3.63, 3.8) is 0 Å². The fourth-order valence-electron chi connectivity index (χ4n) is 4.07. The summed E-state index contributed by atoms with van der Waals surface area (Å²) in [6.45, 7) is 5.33. The summed E-state index contributed by atoms with van der Waals surface area (Å²) in [5, 5.41) is 11.8. The summed E-state index contributed by atoms with van der Waals surface area (Å²) in [5.74, 6) is 0.612. The molecule has 0 bridgehead atoms. The first-order valence-electron chi connectivity index (χ1n) is 11.2. The van der Waals surface area contributed by atoms with E-state index in [1.165, 1.54) is 11.1 Å². The maximum Gasteiger partial charge on any atom is 0.224 e. The zero-order valence-electron chi connectivity index (χ0n) is 18.1. The van der Waals surface area contributed by atoms with Gasteiger partial charge in [0.1, 0.15) is 0 Å². The standard InChI is InChI=1S/C25H28N6O/c1-2-5-19(6-3-1)9-10-20-7-4-8-21(17-20)23-22-18-27-25(28-24(22)30-29-23)26-11-12-31-13-15-32-16-14-31/h1-8,17-18H,9-16H2,(H2,26,27,28,29,30). The second-order valence-electron chi connectivity index (χ2n) is 8.10. The van der Waals surface area contributed by atoms with Crippen molar-refractivity contribution in [2.75, 3.05) is 44.7 Å². The molecule has 0 saturated carbocycles. The van der Waals surface area contributed by atoms with Gasteiger partial charge in [0.15, 0.2) is 5.65 Å². The molecule has 2 aromatic carbocycles. The van der Waals surface area contributed by atoms with Crippen LogP contribution in [0.3, 0.4) is 0 Å². The lowest BCUT2D eigenvalue weighted by molar-refractivity contribution is 0.0398. The summed E-state index contributed by atoms with van der Waals surface area (Å²) in [6, 6.07) is 19.2. The molecule has 164 valence electrons. The predicted molar refractivity (Wildman–Crippen MR) is 127 cm³/mol. The minimum Gasteiger partial charge on any atom is -0.379 e. The monoisotopic (exact) mass is 428 g/mol. The Morgan fingerprint density at radius 2 is 1.78 bits per heavy atom.